The summed E-state index contributed by atoms with van der Waals surface area (Å²) in [5.74, 6) is -3.03. The molecule has 0 saturated heterocycles. The summed E-state index contributed by atoms with van der Waals surface area (Å²) in [7, 11) is 0. The average Bonchev–Trinajstić information content (AvgIpc) is 2.29. The summed E-state index contributed by atoms with van der Waals surface area (Å²) in [6.07, 6.45) is 0. The normalized spacial score (nSPS) is 12.8. The van der Waals surface area contributed by atoms with Gasteiger partial charge in [0.2, 0.25) is 0 Å². The molecule has 0 spiro atoms. The maximum atomic E-state index is 13.2. The molecule has 0 aliphatic rings. The van der Waals surface area contributed by atoms with E-state index in [9.17, 15) is 8.78 Å². The molecule has 0 aliphatic carbocycles. The smallest absolute Gasteiger partial charge is 0.289 e. The SMILES string of the molecule is CCOc1ccccc1[C@H](N)C(F)(F)CO.Cl. The number of hydrogen-bond donors (Lipinski definition) is 2. The zero-order valence-corrected chi connectivity index (χ0v) is 10.2. The minimum atomic E-state index is -3.35. The number of alkyl halides is 2. The lowest BCUT2D eigenvalue weighted by molar-refractivity contribution is -0.0716. The molecule has 0 heterocycles. The van der Waals surface area contributed by atoms with Gasteiger partial charge in [-0.1, -0.05) is 18.2 Å². The monoisotopic (exact) mass is 267 g/mol. The van der Waals surface area contributed by atoms with Crippen molar-refractivity contribution in [3.63, 3.8) is 0 Å². The maximum absolute atomic E-state index is 13.2. The lowest BCUT2D eigenvalue weighted by atomic mass is 10.0. The van der Waals surface area contributed by atoms with Gasteiger partial charge in [-0.3, -0.25) is 0 Å². The van der Waals surface area contributed by atoms with Gasteiger partial charge in [-0.05, 0) is 13.0 Å². The van der Waals surface area contributed by atoms with Gasteiger partial charge in [0.05, 0.1) is 6.61 Å². The number of para-hydroxylation sites is 1. The van der Waals surface area contributed by atoms with Gasteiger partial charge in [0.15, 0.2) is 0 Å². The van der Waals surface area contributed by atoms with Crippen molar-refractivity contribution in [3.8, 4) is 5.75 Å². The van der Waals surface area contributed by atoms with Crippen LogP contribution in [0.2, 0.25) is 0 Å². The summed E-state index contributed by atoms with van der Waals surface area (Å²) < 4.78 is 31.6. The van der Waals surface area contributed by atoms with Crippen molar-refractivity contribution in [3.05, 3.63) is 29.8 Å². The quantitative estimate of drug-likeness (QED) is 0.859. The van der Waals surface area contributed by atoms with Crippen molar-refractivity contribution in [1.29, 1.82) is 0 Å². The Morgan fingerprint density at radius 2 is 2.00 bits per heavy atom. The van der Waals surface area contributed by atoms with Crippen LogP contribution in [-0.4, -0.2) is 24.2 Å². The Kier molecular flexibility index (Phi) is 6.37. The molecule has 0 radical (unpaired) electrons. The summed E-state index contributed by atoms with van der Waals surface area (Å²) in [5.41, 5.74) is 5.62. The van der Waals surface area contributed by atoms with E-state index in [0.29, 0.717) is 12.4 Å². The van der Waals surface area contributed by atoms with Gasteiger partial charge in [0.25, 0.3) is 5.92 Å². The fourth-order valence-electron chi connectivity index (χ4n) is 1.35. The molecule has 1 atom stereocenters. The maximum Gasteiger partial charge on any atom is 0.289 e. The van der Waals surface area contributed by atoms with Crippen molar-refractivity contribution < 1.29 is 18.6 Å². The Morgan fingerprint density at radius 1 is 1.41 bits per heavy atom. The topological polar surface area (TPSA) is 55.5 Å². The first kappa shape index (κ1) is 16.1. The second kappa shape index (κ2) is 6.74. The number of benzene rings is 1. The van der Waals surface area contributed by atoms with Gasteiger partial charge < -0.3 is 15.6 Å². The first-order chi connectivity index (χ1) is 7.53. The predicted molar refractivity (Wildman–Crippen MR) is 63.8 cm³/mol. The number of hydrogen-bond acceptors (Lipinski definition) is 3. The molecule has 0 aromatic heterocycles. The summed E-state index contributed by atoms with van der Waals surface area (Å²) in [6, 6.07) is 4.76. The molecule has 3 N–H and O–H groups in total. The van der Waals surface area contributed by atoms with E-state index in [1.807, 2.05) is 0 Å². The van der Waals surface area contributed by atoms with E-state index in [1.165, 1.54) is 6.07 Å². The molecule has 0 amide bonds. The molecule has 17 heavy (non-hydrogen) atoms. The van der Waals surface area contributed by atoms with Crippen LogP contribution in [-0.2, 0) is 0 Å². The van der Waals surface area contributed by atoms with Crippen LogP contribution in [0.15, 0.2) is 24.3 Å². The number of rotatable bonds is 5. The van der Waals surface area contributed by atoms with Gasteiger partial charge >= 0.3 is 0 Å². The standard InChI is InChI=1S/C11H15F2NO2.ClH/c1-2-16-9-6-4-3-5-8(9)10(14)11(12,13)7-15;/h3-6,10,15H,2,7,14H2,1H3;1H/t10-;/m0./s1. The highest BCUT2D eigenvalue weighted by Crippen LogP contribution is 2.33. The van der Waals surface area contributed by atoms with Crippen LogP contribution in [0.1, 0.15) is 18.5 Å². The van der Waals surface area contributed by atoms with Crippen molar-refractivity contribution in [2.24, 2.45) is 5.73 Å². The van der Waals surface area contributed by atoms with Crippen molar-refractivity contribution in [2.75, 3.05) is 13.2 Å². The van der Waals surface area contributed by atoms with Crippen LogP contribution in [0.25, 0.3) is 0 Å². The minimum absolute atomic E-state index is 0. The first-order valence-electron chi connectivity index (χ1n) is 4.99. The van der Waals surface area contributed by atoms with Crippen molar-refractivity contribution >= 4 is 12.4 Å². The second-order valence-corrected chi connectivity index (χ2v) is 3.37. The zero-order valence-electron chi connectivity index (χ0n) is 9.40. The number of halogens is 3. The van der Waals surface area contributed by atoms with Crippen molar-refractivity contribution in [1.82, 2.24) is 0 Å². The molecular weight excluding hydrogens is 252 g/mol. The third kappa shape index (κ3) is 3.80. The Morgan fingerprint density at radius 3 is 2.53 bits per heavy atom. The Hall–Kier alpha value is -0.910. The highest BCUT2D eigenvalue weighted by molar-refractivity contribution is 5.85. The van der Waals surface area contributed by atoms with Crippen LogP contribution in [0.3, 0.4) is 0 Å². The molecule has 6 heteroatoms. The van der Waals surface area contributed by atoms with E-state index in [2.05, 4.69) is 0 Å². The van der Waals surface area contributed by atoms with Crippen LogP contribution in [0, 0.1) is 0 Å². The van der Waals surface area contributed by atoms with Crippen LogP contribution >= 0.6 is 12.4 Å². The third-order valence-electron chi connectivity index (χ3n) is 2.22. The molecule has 0 fully saturated rings. The molecule has 0 aliphatic heterocycles. The van der Waals surface area contributed by atoms with Gasteiger partial charge in [-0.25, -0.2) is 8.78 Å². The molecule has 0 bridgehead atoms. The molecule has 0 saturated carbocycles. The number of nitrogens with two attached hydrogens (primary N) is 1. The average molecular weight is 268 g/mol. The second-order valence-electron chi connectivity index (χ2n) is 3.37. The number of ether oxygens (including phenoxy) is 1. The minimum Gasteiger partial charge on any atom is -0.494 e. The highest BCUT2D eigenvalue weighted by atomic mass is 35.5. The Bertz CT molecular complexity index is 350. The molecule has 1 rings (SSSR count). The number of aliphatic hydroxyl groups is 1. The predicted octanol–water partition coefficient (Wildman–Crippen LogP) is 2.13. The van der Waals surface area contributed by atoms with Gasteiger partial charge in [0.1, 0.15) is 18.4 Å². The molecule has 0 unspecified atom stereocenters. The van der Waals surface area contributed by atoms with Crippen molar-refractivity contribution in [2.45, 2.75) is 18.9 Å². The summed E-state index contributed by atoms with van der Waals surface area (Å²) >= 11 is 0. The van der Waals surface area contributed by atoms with Gasteiger partial charge in [-0.15, -0.1) is 12.4 Å². The molecule has 98 valence electrons. The fourth-order valence-corrected chi connectivity index (χ4v) is 1.35. The summed E-state index contributed by atoms with van der Waals surface area (Å²) in [4.78, 5) is 0. The molecule has 1 aromatic rings. The molecule has 3 nitrogen and oxygen atoms in total. The molecule has 1 aromatic carbocycles. The first-order valence-corrected chi connectivity index (χ1v) is 4.99. The van der Waals surface area contributed by atoms with E-state index >= 15 is 0 Å². The molecular formula is C11H16ClF2NO2. The lowest BCUT2D eigenvalue weighted by Crippen LogP contribution is -2.36. The summed E-state index contributed by atoms with van der Waals surface area (Å²) in [5, 5.41) is 8.58. The lowest BCUT2D eigenvalue weighted by Gasteiger charge is -2.23. The van der Waals surface area contributed by atoms with Crippen LogP contribution in [0.4, 0.5) is 8.78 Å². The van der Waals surface area contributed by atoms with Crippen LogP contribution < -0.4 is 10.5 Å². The third-order valence-corrected chi connectivity index (χ3v) is 2.22. The van der Waals surface area contributed by atoms with E-state index in [4.69, 9.17) is 15.6 Å². The van der Waals surface area contributed by atoms with Gasteiger partial charge in [-0.2, -0.15) is 0 Å². The van der Waals surface area contributed by atoms with Crippen LogP contribution in [0.5, 0.6) is 5.75 Å². The fraction of sp³-hybridized carbons (Fsp3) is 0.455. The summed E-state index contributed by atoms with van der Waals surface area (Å²) in [6.45, 7) is 0.843. The van der Waals surface area contributed by atoms with Gasteiger partial charge in [0, 0.05) is 5.56 Å². The zero-order chi connectivity index (χ0) is 12.2. The van der Waals surface area contributed by atoms with E-state index in [0.717, 1.165) is 0 Å². The van der Waals surface area contributed by atoms with E-state index in [1.54, 1.807) is 25.1 Å². The Balaban J connectivity index is 0.00000256. The van der Waals surface area contributed by atoms with E-state index < -0.39 is 18.6 Å². The highest BCUT2D eigenvalue weighted by Gasteiger charge is 2.38. The Labute approximate surface area is 105 Å². The largest absolute Gasteiger partial charge is 0.494 e. The van der Waals surface area contributed by atoms with E-state index in [-0.39, 0.29) is 18.0 Å². The number of aliphatic hydroxyl groups excluding tert-OH is 1.